The van der Waals surface area contributed by atoms with Crippen LogP contribution in [0, 0.1) is 5.92 Å². The van der Waals surface area contributed by atoms with Crippen molar-refractivity contribution in [2.75, 3.05) is 32.7 Å². The second-order valence-electron chi connectivity index (χ2n) is 6.98. The van der Waals surface area contributed by atoms with Gasteiger partial charge in [0.05, 0.1) is 12.8 Å². The van der Waals surface area contributed by atoms with Crippen molar-refractivity contribution in [2.45, 2.75) is 38.6 Å². The van der Waals surface area contributed by atoms with Gasteiger partial charge in [0.1, 0.15) is 0 Å². The van der Waals surface area contributed by atoms with Crippen LogP contribution in [0.1, 0.15) is 43.2 Å². The third-order valence-electron chi connectivity index (χ3n) is 5.22. The van der Waals surface area contributed by atoms with Crippen molar-refractivity contribution in [3.05, 3.63) is 24.2 Å². The van der Waals surface area contributed by atoms with Gasteiger partial charge in [0.25, 0.3) is 5.91 Å². The van der Waals surface area contributed by atoms with E-state index in [1.807, 2.05) is 0 Å². The van der Waals surface area contributed by atoms with Gasteiger partial charge in [0.15, 0.2) is 5.76 Å². The van der Waals surface area contributed by atoms with Gasteiger partial charge < -0.3 is 14.6 Å². The molecule has 0 radical (unpaired) electrons. The number of piperazine rings is 1. The summed E-state index contributed by atoms with van der Waals surface area (Å²) in [5.41, 5.74) is 0. The predicted octanol–water partition coefficient (Wildman–Crippen LogP) is 1.73. The first-order valence-electron chi connectivity index (χ1n) is 8.98. The van der Waals surface area contributed by atoms with Crippen LogP contribution in [0.4, 0.5) is 0 Å². The van der Waals surface area contributed by atoms with Gasteiger partial charge >= 0.3 is 0 Å². The zero-order valence-electron chi connectivity index (χ0n) is 14.4. The topological polar surface area (TPSA) is 65.8 Å². The highest BCUT2D eigenvalue weighted by molar-refractivity contribution is 5.91. The highest BCUT2D eigenvalue weighted by Crippen LogP contribution is 2.23. The van der Waals surface area contributed by atoms with Crippen molar-refractivity contribution in [1.29, 1.82) is 0 Å². The smallest absolute Gasteiger partial charge is 0.289 e. The molecule has 24 heavy (non-hydrogen) atoms. The first kappa shape index (κ1) is 17.0. The molecule has 1 aliphatic carbocycles. The van der Waals surface area contributed by atoms with Crippen LogP contribution in [0.25, 0.3) is 0 Å². The standard InChI is InChI=1S/C18H27N3O3/c1-14-5-2-3-6-15(14)19-17(22)13-20-8-10-21(11-9-20)18(23)16-7-4-12-24-16/h4,7,12,14-15H,2-3,5-6,8-11,13H2,1H3,(H,19,22)/t14-,15+/m0/s1. The zero-order chi connectivity index (χ0) is 16.9. The second kappa shape index (κ2) is 7.83. The van der Waals surface area contributed by atoms with Crippen LogP contribution in [0.2, 0.25) is 0 Å². The van der Waals surface area contributed by atoms with E-state index in [0.717, 1.165) is 19.5 Å². The molecule has 6 nitrogen and oxygen atoms in total. The van der Waals surface area contributed by atoms with Crippen molar-refractivity contribution in [2.24, 2.45) is 5.92 Å². The third-order valence-corrected chi connectivity index (χ3v) is 5.22. The lowest BCUT2D eigenvalue weighted by molar-refractivity contribution is -0.123. The van der Waals surface area contributed by atoms with E-state index in [2.05, 4.69) is 17.1 Å². The number of furan rings is 1. The molecule has 3 rings (SSSR count). The van der Waals surface area contributed by atoms with Crippen LogP contribution in [-0.2, 0) is 4.79 Å². The third kappa shape index (κ3) is 4.17. The molecule has 0 bridgehead atoms. The van der Waals surface area contributed by atoms with Crippen molar-refractivity contribution in [3.63, 3.8) is 0 Å². The number of rotatable bonds is 4. The number of nitrogens with zero attached hydrogens (tertiary/aromatic N) is 2. The van der Waals surface area contributed by atoms with Crippen LogP contribution >= 0.6 is 0 Å². The Bertz CT molecular complexity index is 550. The monoisotopic (exact) mass is 333 g/mol. The number of hydrogen-bond acceptors (Lipinski definition) is 4. The van der Waals surface area contributed by atoms with Gasteiger partial charge in [-0.15, -0.1) is 0 Å². The summed E-state index contributed by atoms with van der Waals surface area (Å²) in [6.45, 7) is 5.36. The molecule has 2 aliphatic rings. The molecule has 0 unspecified atom stereocenters. The SMILES string of the molecule is C[C@H]1CCCC[C@H]1NC(=O)CN1CCN(C(=O)c2ccco2)CC1. The summed E-state index contributed by atoms with van der Waals surface area (Å²) in [5.74, 6) is 0.998. The Morgan fingerprint density at radius 3 is 2.62 bits per heavy atom. The van der Waals surface area contributed by atoms with E-state index < -0.39 is 0 Å². The fourth-order valence-corrected chi connectivity index (χ4v) is 3.65. The summed E-state index contributed by atoms with van der Waals surface area (Å²) in [6.07, 6.45) is 6.30. The Labute approximate surface area is 143 Å². The molecule has 1 aromatic rings. The van der Waals surface area contributed by atoms with E-state index in [-0.39, 0.29) is 11.8 Å². The van der Waals surface area contributed by atoms with Crippen molar-refractivity contribution >= 4 is 11.8 Å². The number of hydrogen-bond donors (Lipinski definition) is 1. The molecule has 2 fully saturated rings. The molecule has 0 spiro atoms. The van der Waals surface area contributed by atoms with Gasteiger partial charge in [-0.2, -0.15) is 0 Å². The molecular formula is C18H27N3O3. The molecule has 6 heteroatoms. The summed E-state index contributed by atoms with van der Waals surface area (Å²) in [5, 5.41) is 3.20. The van der Waals surface area contributed by atoms with Gasteiger partial charge in [-0.1, -0.05) is 19.8 Å². The molecule has 1 saturated heterocycles. The molecule has 1 aliphatic heterocycles. The average Bonchev–Trinajstić information content (AvgIpc) is 3.11. The fourth-order valence-electron chi connectivity index (χ4n) is 3.65. The Hall–Kier alpha value is -1.82. The molecule has 1 N–H and O–H groups in total. The molecule has 0 aromatic carbocycles. The van der Waals surface area contributed by atoms with E-state index >= 15 is 0 Å². The summed E-state index contributed by atoms with van der Waals surface area (Å²) in [7, 11) is 0. The first-order valence-corrected chi connectivity index (χ1v) is 8.98. The average molecular weight is 333 g/mol. The predicted molar refractivity (Wildman–Crippen MR) is 90.6 cm³/mol. The maximum Gasteiger partial charge on any atom is 0.289 e. The first-order chi connectivity index (χ1) is 11.6. The Morgan fingerprint density at radius 1 is 1.21 bits per heavy atom. The summed E-state index contributed by atoms with van der Waals surface area (Å²) >= 11 is 0. The minimum absolute atomic E-state index is 0.0693. The van der Waals surface area contributed by atoms with E-state index in [1.165, 1.54) is 25.5 Å². The van der Waals surface area contributed by atoms with Gasteiger partial charge in [0, 0.05) is 32.2 Å². The second-order valence-corrected chi connectivity index (χ2v) is 6.98. The number of amides is 2. The minimum Gasteiger partial charge on any atom is -0.459 e. The van der Waals surface area contributed by atoms with Crippen LogP contribution < -0.4 is 5.32 Å². The number of nitrogens with one attached hydrogen (secondary N) is 1. The van der Waals surface area contributed by atoms with Crippen LogP contribution in [-0.4, -0.2) is 60.4 Å². The maximum atomic E-state index is 12.3. The van der Waals surface area contributed by atoms with Crippen LogP contribution in [0.3, 0.4) is 0 Å². The Kier molecular flexibility index (Phi) is 5.56. The molecular weight excluding hydrogens is 306 g/mol. The number of carbonyl (C=O) groups is 2. The quantitative estimate of drug-likeness (QED) is 0.911. The number of carbonyl (C=O) groups excluding carboxylic acids is 2. The molecule has 2 amide bonds. The summed E-state index contributed by atoms with van der Waals surface area (Å²) < 4.78 is 5.17. The molecule has 1 saturated carbocycles. The van der Waals surface area contributed by atoms with E-state index in [0.29, 0.717) is 37.4 Å². The van der Waals surface area contributed by atoms with Crippen molar-refractivity contribution in [1.82, 2.24) is 15.1 Å². The van der Waals surface area contributed by atoms with Crippen molar-refractivity contribution < 1.29 is 14.0 Å². The van der Waals surface area contributed by atoms with E-state index in [9.17, 15) is 9.59 Å². The lowest BCUT2D eigenvalue weighted by Gasteiger charge is -2.35. The molecule has 2 atom stereocenters. The van der Waals surface area contributed by atoms with Gasteiger partial charge in [-0.05, 0) is 30.9 Å². The van der Waals surface area contributed by atoms with Gasteiger partial charge in [-0.25, -0.2) is 0 Å². The normalized spacial score (nSPS) is 25.5. The van der Waals surface area contributed by atoms with Crippen LogP contribution in [0.15, 0.2) is 22.8 Å². The lowest BCUT2D eigenvalue weighted by atomic mass is 9.86. The Morgan fingerprint density at radius 2 is 1.96 bits per heavy atom. The fraction of sp³-hybridized carbons (Fsp3) is 0.667. The van der Waals surface area contributed by atoms with Crippen molar-refractivity contribution in [3.8, 4) is 0 Å². The van der Waals surface area contributed by atoms with Gasteiger partial charge in [0.2, 0.25) is 5.91 Å². The summed E-state index contributed by atoms with van der Waals surface area (Å²) in [6, 6.07) is 3.74. The maximum absolute atomic E-state index is 12.3. The zero-order valence-corrected chi connectivity index (χ0v) is 14.4. The van der Waals surface area contributed by atoms with E-state index in [4.69, 9.17) is 4.42 Å². The molecule has 132 valence electrons. The highest BCUT2D eigenvalue weighted by Gasteiger charge is 2.26. The minimum atomic E-state index is -0.0693. The largest absolute Gasteiger partial charge is 0.459 e. The summed E-state index contributed by atoms with van der Waals surface area (Å²) in [4.78, 5) is 28.4. The molecule has 1 aromatic heterocycles. The van der Waals surface area contributed by atoms with Gasteiger partial charge in [-0.3, -0.25) is 14.5 Å². The highest BCUT2D eigenvalue weighted by atomic mass is 16.3. The molecule has 2 heterocycles. The van der Waals surface area contributed by atoms with E-state index in [1.54, 1.807) is 17.0 Å². The van der Waals surface area contributed by atoms with Crippen LogP contribution in [0.5, 0.6) is 0 Å². The lowest BCUT2D eigenvalue weighted by Crippen LogP contribution is -2.52. The Balaban J connectivity index is 1.42.